The van der Waals surface area contributed by atoms with Crippen LogP contribution in [0, 0.1) is 0 Å². The van der Waals surface area contributed by atoms with Gasteiger partial charge in [-0.05, 0) is 48.0 Å². The summed E-state index contributed by atoms with van der Waals surface area (Å²) >= 11 is 9.60. The summed E-state index contributed by atoms with van der Waals surface area (Å²) in [5.41, 5.74) is 4.92. The van der Waals surface area contributed by atoms with E-state index in [1.54, 1.807) is 6.20 Å². The minimum atomic E-state index is -0.350. The van der Waals surface area contributed by atoms with E-state index in [4.69, 9.17) is 16.6 Å². The molecule has 154 valence electrons. The Morgan fingerprint density at radius 2 is 1.84 bits per heavy atom. The first-order valence-electron chi connectivity index (χ1n) is 9.91. The fourth-order valence-electron chi connectivity index (χ4n) is 4.05. The maximum absolute atomic E-state index is 13.7. The van der Waals surface area contributed by atoms with Crippen LogP contribution in [-0.4, -0.2) is 29.7 Å². The number of nitrogens with one attached hydrogen (secondary N) is 1. The van der Waals surface area contributed by atoms with Crippen molar-refractivity contribution < 1.29 is 4.79 Å². The second-order valence-electron chi connectivity index (χ2n) is 7.29. The summed E-state index contributed by atoms with van der Waals surface area (Å²) < 4.78 is 0.955. The van der Waals surface area contributed by atoms with Gasteiger partial charge in [0.25, 0.3) is 5.91 Å². The van der Waals surface area contributed by atoms with Crippen LogP contribution in [0.25, 0.3) is 0 Å². The lowest BCUT2D eigenvalue weighted by Crippen LogP contribution is -2.33. The molecule has 2 aliphatic rings. The minimum absolute atomic E-state index is 0.0743. The summed E-state index contributed by atoms with van der Waals surface area (Å²) in [7, 11) is 0. The molecule has 1 N–H and O–H groups in total. The molecule has 2 aliphatic heterocycles. The number of hydrogen-bond donors (Lipinski definition) is 1. The molecule has 0 fully saturated rings. The van der Waals surface area contributed by atoms with Gasteiger partial charge in [0.2, 0.25) is 0 Å². The first-order chi connectivity index (χ1) is 15.1. The van der Waals surface area contributed by atoms with E-state index in [0.717, 1.165) is 32.6 Å². The molecule has 0 saturated carbocycles. The van der Waals surface area contributed by atoms with E-state index in [-0.39, 0.29) is 11.9 Å². The molecule has 5 nitrogen and oxygen atoms in total. The van der Waals surface area contributed by atoms with Crippen molar-refractivity contribution in [3.8, 4) is 0 Å². The minimum Gasteiger partial charge on any atom is -0.378 e. The monoisotopic (exact) mass is 492 g/mol. The maximum atomic E-state index is 13.7. The van der Waals surface area contributed by atoms with Crippen LogP contribution >= 0.6 is 27.5 Å². The number of carbonyl (C=O) groups is 1. The van der Waals surface area contributed by atoms with Crippen LogP contribution in [0.5, 0.6) is 0 Å². The largest absolute Gasteiger partial charge is 0.378 e. The topological polar surface area (TPSA) is 57.6 Å². The standard InChI is InChI=1S/C24H18BrClN4O/c25-17-5-9-19(10-6-17)30-23(16-2-1-11-27-14-16)20-21(15-3-7-18(26)8-4-15)28-12-13-29-22(20)24(30)31/h1-11,14,23,29H,12-13H2/t23-/m1/s1. The summed E-state index contributed by atoms with van der Waals surface area (Å²) in [6.07, 6.45) is 3.54. The molecule has 1 amide bonds. The molecule has 7 heteroatoms. The first-order valence-corrected chi connectivity index (χ1v) is 11.1. The molecule has 0 spiro atoms. The van der Waals surface area contributed by atoms with Crippen molar-refractivity contribution >= 4 is 44.8 Å². The molecule has 31 heavy (non-hydrogen) atoms. The van der Waals surface area contributed by atoms with Gasteiger partial charge >= 0.3 is 0 Å². The molecule has 5 rings (SSSR count). The third-order valence-corrected chi connectivity index (χ3v) is 6.18. The summed E-state index contributed by atoms with van der Waals surface area (Å²) in [5.74, 6) is -0.0743. The lowest BCUT2D eigenvalue weighted by molar-refractivity contribution is -0.115. The fraction of sp³-hybridized carbons (Fsp3) is 0.125. The summed E-state index contributed by atoms with van der Waals surface area (Å²) in [6, 6.07) is 18.9. The van der Waals surface area contributed by atoms with E-state index < -0.39 is 0 Å². The van der Waals surface area contributed by atoms with Gasteiger partial charge in [-0.25, -0.2) is 0 Å². The van der Waals surface area contributed by atoms with Crippen LogP contribution in [0.3, 0.4) is 0 Å². The van der Waals surface area contributed by atoms with Crippen molar-refractivity contribution in [3.63, 3.8) is 0 Å². The van der Waals surface area contributed by atoms with Crippen molar-refractivity contribution in [2.45, 2.75) is 6.04 Å². The van der Waals surface area contributed by atoms with Crippen molar-refractivity contribution in [3.05, 3.63) is 105 Å². The molecule has 1 atom stereocenters. The fourth-order valence-corrected chi connectivity index (χ4v) is 4.44. The van der Waals surface area contributed by atoms with Crippen LogP contribution < -0.4 is 10.2 Å². The third kappa shape index (κ3) is 3.66. The zero-order chi connectivity index (χ0) is 21.4. The molecule has 2 aromatic carbocycles. The Kier molecular flexibility index (Phi) is 5.34. The predicted molar refractivity (Wildman–Crippen MR) is 126 cm³/mol. The summed E-state index contributed by atoms with van der Waals surface area (Å²) in [5, 5.41) is 3.99. The highest BCUT2D eigenvalue weighted by atomic mass is 79.9. The number of carbonyl (C=O) groups excluding carboxylic acids is 1. The summed E-state index contributed by atoms with van der Waals surface area (Å²) in [4.78, 5) is 24.7. The highest BCUT2D eigenvalue weighted by molar-refractivity contribution is 9.10. The SMILES string of the molecule is O=C1C2=C(C(c3ccc(Cl)cc3)=NCCN2)[C@@H](c2cccnc2)N1c1ccc(Br)cc1. The zero-order valence-electron chi connectivity index (χ0n) is 16.4. The number of pyridine rings is 1. The van der Waals surface area contributed by atoms with Crippen LogP contribution in [0.15, 0.2) is 93.8 Å². The molecule has 0 bridgehead atoms. The third-order valence-electron chi connectivity index (χ3n) is 5.39. The van der Waals surface area contributed by atoms with Crippen molar-refractivity contribution in [1.29, 1.82) is 0 Å². The smallest absolute Gasteiger partial charge is 0.275 e. The Hall–Kier alpha value is -2.96. The number of hydrogen-bond acceptors (Lipinski definition) is 4. The van der Waals surface area contributed by atoms with Gasteiger partial charge in [-0.1, -0.05) is 45.7 Å². The lowest BCUT2D eigenvalue weighted by Gasteiger charge is -2.28. The quantitative estimate of drug-likeness (QED) is 0.563. The van der Waals surface area contributed by atoms with Gasteiger partial charge < -0.3 is 5.32 Å². The van der Waals surface area contributed by atoms with E-state index in [1.807, 2.05) is 71.8 Å². The van der Waals surface area contributed by atoms with E-state index >= 15 is 0 Å². The van der Waals surface area contributed by atoms with Crippen LogP contribution in [0.2, 0.25) is 5.02 Å². The highest BCUT2D eigenvalue weighted by Gasteiger charge is 2.44. The normalized spacial score (nSPS) is 18.4. The number of amides is 1. The van der Waals surface area contributed by atoms with Crippen molar-refractivity contribution in [2.75, 3.05) is 18.0 Å². The first kappa shape index (κ1) is 20.0. The van der Waals surface area contributed by atoms with Gasteiger partial charge in [-0.15, -0.1) is 0 Å². The number of nitrogens with zero attached hydrogens (tertiary/aromatic N) is 3. The second-order valence-corrected chi connectivity index (χ2v) is 8.65. The van der Waals surface area contributed by atoms with Gasteiger partial charge in [0.15, 0.2) is 0 Å². The molecule has 3 aromatic rings. The number of anilines is 1. The van der Waals surface area contributed by atoms with Gasteiger partial charge in [-0.2, -0.15) is 0 Å². The predicted octanol–water partition coefficient (Wildman–Crippen LogP) is 4.93. The Labute approximate surface area is 193 Å². The molecule has 1 aromatic heterocycles. The van der Waals surface area contributed by atoms with Gasteiger partial charge in [0.05, 0.1) is 18.3 Å². The molecule has 3 heterocycles. The van der Waals surface area contributed by atoms with E-state index in [9.17, 15) is 4.79 Å². The van der Waals surface area contributed by atoms with Gasteiger partial charge in [0.1, 0.15) is 5.70 Å². The molecule has 0 saturated heterocycles. The second kappa shape index (κ2) is 8.29. The van der Waals surface area contributed by atoms with Crippen molar-refractivity contribution in [2.24, 2.45) is 4.99 Å². The van der Waals surface area contributed by atoms with Gasteiger partial charge in [-0.3, -0.25) is 19.7 Å². The molecule has 0 unspecified atom stereocenters. The number of rotatable bonds is 3. The van der Waals surface area contributed by atoms with Crippen LogP contribution in [-0.2, 0) is 4.79 Å². The van der Waals surface area contributed by atoms with E-state index in [0.29, 0.717) is 23.8 Å². The lowest BCUT2D eigenvalue weighted by atomic mass is 9.92. The Balaban J connectivity index is 1.71. The Morgan fingerprint density at radius 3 is 2.55 bits per heavy atom. The number of aliphatic imine (C=N–C) groups is 1. The Bertz CT molecular complexity index is 1190. The number of halogens is 2. The molecular formula is C24H18BrClN4O. The van der Waals surface area contributed by atoms with Crippen LogP contribution in [0.1, 0.15) is 17.2 Å². The number of benzene rings is 2. The van der Waals surface area contributed by atoms with Crippen LogP contribution in [0.4, 0.5) is 5.69 Å². The number of aromatic nitrogens is 1. The molecule has 0 radical (unpaired) electrons. The van der Waals surface area contributed by atoms with E-state index in [2.05, 4.69) is 26.2 Å². The maximum Gasteiger partial charge on any atom is 0.275 e. The highest BCUT2D eigenvalue weighted by Crippen LogP contribution is 2.42. The van der Waals surface area contributed by atoms with Gasteiger partial charge in [0, 0.05) is 45.3 Å². The average molecular weight is 494 g/mol. The average Bonchev–Trinajstić information content (AvgIpc) is 2.94. The zero-order valence-corrected chi connectivity index (χ0v) is 18.8. The Morgan fingerprint density at radius 1 is 1.06 bits per heavy atom. The van der Waals surface area contributed by atoms with Crippen molar-refractivity contribution in [1.82, 2.24) is 10.3 Å². The molecule has 0 aliphatic carbocycles. The molecular weight excluding hydrogens is 476 g/mol. The van der Waals surface area contributed by atoms with E-state index in [1.165, 1.54) is 0 Å². The summed E-state index contributed by atoms with van der Waals surface area (Å²) in [6.45, 7) is 1.17.